The molecule has 0 aromatic heterocycles. The van der Waals surface area contributed by atoms with Crippen LogP contribution in [0.15, 0.2) is 58.3 Å². The molecule has 0 amide bonds. The molecule has 2 rings (SSSR count). The molecule has 0 aliphatic rings. The van der Waals surface area contributed by atoms with Gasteiger partial charge in [-0.25, -0.2) is 0 Å². The van der Waals surface area contributed by atoms with Gasteiger partial charge in [0, 0.05) is 21.2 Å². The van der Waals surface area contributed by atoms with Crippen molar-refractivity contribution in [3.63, 3.8) is 0 Å². The van der Waals surface area contributed by atoms with Gasteiger partial charge >= 0.3 is 0 Å². The highest BCUT2D eigenvalue weighted by Crippen LogP contribution is 2.28. The van der Waals surface area contributed by atoms with Gasteiger partial charge in [-0.15, -0.1) is 0 Å². The molecule has 3 heteroatoms. The maximum atomic E-state index is 5.61. The minimum atomic E-state index is 0.789. The van der Waals surface area contributed by atoms with Crippen LogP contribution in [0.3, 0.4) is 0 Å². The summed E-state index contributed by atoms with van der Waals surface area (Å²) in [4.78, 5) is 2.35. The third-order valence-electron chi connectivity index (χ3n) is 2.00. The van der Waals surface area contributed by atoms with E-state index < -0.39 is 0 Å². The zero-order chi connectivity index (χ0) is 10.7. The highest BCUT2D eigenvalue weighted by atomic mass is 32.2. The third kappa shape index (κ3) is 2.67. The van der Waals surface area contributed by atoms with Crippen molar-refractivity contribution in [2.24, 2.45) is 0 Å². The van der Waals surface area contributed by atoms with Crippen LogP contribution < -0.4 is 11.5 Å². The number of nitrogens with two attached hydrogens (primary N) is 2. The highest BCUT2D eigenvalue weighted by Gasteiger charge is 1.96. The van der Waals surface area contributed by atoms with Crippen molar-refractivity contribution in [2.75, 3.05) is 11.5 Å². The number of benzene rings is 2. The van der Waals surface area contributed by atoms with Gasteiger partial charge in [0.2, 0.25) is 0 Å². The average molecular weight is 216 g/mol. The Morgan fingerprint density at radius 3 is 1.27 bits per heavy atom. The van der Waals surface area contributed by atoms with E-state index in [9.17, 15) is 0 Å². The SMILES string of the molecule is Nc1ccc(Sc2ccc(N)cc2)cc1. The molecule has 0 fully saturated rings. The Kier molecular flexibility index (Phi) is 2.83. The average Bonchev–Trinajstić information content (AvgIpc) is 2.25. The van der Waals surface area contributed by atoms with Crippen molar-refractivity contribution in [3.05, 3.63) is 48.5 Å². The molecule has 0 radical (unpaired) electrons. The minimum Gasteiger partial charge on any atom is -0.399 e. The summed E-state index contributed by atoms with van der Waals surface area (Å²) in [6, 6.07) is 15.7. The predicted molar refractivity (Wildman–Crippen MR) is 65.8 cm³/mol. The number of anilines is 2. The summed E-state index contributed by atoms with van der Waals surface area (Å²) in [5.74, 6) is 0. The van der Waals surface area contributed by atoms with E-state index in [-0.39, 0.29) is 0 Å². The molecule has 0 aliphatic heterocycles. The van der Waals surface area contributed by atoms with Crippen LogP contribution in [-0.4, -0.2) is 0 Å². The molecule has 2 nitrogen and oxygen atoms in total. The van der Waals surface area contributed by atoms with Crippen molar-refractivity contribution in [1.82, 2.24) is 0 Å². The maximum Gasteiger partial charge on any atom is 0.0314 e. The van der Waals surface area contributed by atoms with E-state index in [4.69, 9.17) is 11.5 Å². The molecule has 0 aliphatic carbocycles. The molecule has 15 heavy (non-hydrogen) atoms. The maximum absolute atomic E-state index is 5.61. The van der Waals surface area contributed by atoms with Gasteiger partial charge in [-0.05, 0) is 48.5 Å². The Morgan fingerprint density at radius 1 is 0.600 bits per heavy atom. The topological polar surface area (TPSA) is 52.0 Å². The van der Waals surface area contributed by atoms with Crippen molar-refractivity contribution in [1.29, 1.82) is 0 Å². The molecule has 2 aromatic carbocycles. The van der Waals surface area contributed by atoms with Crippen molar-refractivity contribution >= 4 is 23.1 Å². The van der Waals surface area contributed by atoms with E-state index in [0.29, 0.717) is 0 Å². The van der Waals surface area contributed by atoms with Gasteiger partial charge in [-0.3, -0.25) is 0 Å². The van der Waals surface area contributed by atoms with E-state index >= 15 is 0 Å². The normalized spacial score (nSPS) is 10.1. The molecule has 0 unspecified atom stereocenters. The van der Waals surface area contributed by atoms with E-state index in [2.05, 4.69) is 0 Å². The van der Waals surface area contributed by atoms with Crippen LogP contribution in [0.2, 0.25) is 0 Å². The zero-order valence-electron chi connectivity index (χ0n) is 8.18. The lowest BCUT2D eigenvalue weighted by Gasteiger charge is -2.02. The summed E-state index contributed by atoms with van der Waals surface area (Å²) in [6.07, 6.45) is 0. The molecule has 0 heterocycles. The minimum absolute atomic E-state index is 0.789. The van der Waals surface area contributed by atoms with Crippen LogP contribution in [0.25, 0.3) is 0 Å². The van der Waals surface area contributed by atoms with Gasteiger partial charge in [0.25, 0.3) is 0 Å². The van der Waals surface area contributed by atoms with Gasteiger partial charge in [0.15, 0.2) is 0 Å². The second-order valence-corrected chi connectivity index (χ2v) is 4.39. The molecule has 76 valence electrons. The summed E-state index contributed by atoms with van der Waals surface area (Å²) < 4.78 is 0. The molecular formula is C12H12N2S. The summed E-state index contributed by atoms with van der Waals surface area (Å²) in [5, 5.41) is 0. The molecule has 0 saturated carbocycles. The number of rotatable bonds is 2. The predicted octanol–water partition coefficient (Wildman–Crippen LogP) is 3.00. The summed E-state index contributed by atoms with van der Waals surface area (Å²) in [6.45, 7) is 0. The fraction of sp³-hybridized carbons (Fsp3) is 0. The van der Waals surface area contributed by atoms with E-state index in [1.54, 1.807) is 11.8 Å². The standard InChI is InChI=1S/C12H12N2S/c13-9-1-5-11(6-2-9)15-12-7-3-10(14)4-8-12/h1-8H,13-14H2. The first-order valence-corrected chi connectivity index (χ1v) is 5.44. The Balaban J connectivity index is 2.15. The molecule has 4 N–H and O–H groups in total. The largest absolute Gasteiger partial charge is 0.399 e. The summed E-state index contributed by atoms with van der Waals surface area (Å²) in [5.41, 5.74) is 12.8. The van der Waals surface area contributed by atoms with Gasteiger partial charge < -0.3 is 11.5 Å². The smallest absolute Gasteiger partial charge is 0.0314 e. The summed E-state index contributed by atoms with van der Waals surface area (Å²) in [7, 11) is 0. The molecular weight excluding hydrogens is 204 g/mol. The molecule has 0 atom stereocenters. The fourth-order valence-electron chi connectivity index (χ4n) is 1.21. The van der Waals surface area contributed by atoms with Crippen LogP contribution in [0.1, 0.15) is 0 Å². The Bertz CT molecular complexity index is 391. The zero-order valence-corrected chi connectivity index (χ0v) is 9.00. The highest BCUT2D eigenvalue weighted by molar-refractivity contribution is 7.99. The number of hydrogen-bond donors (Lipinski definition) is 2. The second-order valence-electron chi connectivity index (χ2n) is 3.24. The van der Waals surface area contributed by atoms with Crippen LogP contribution in [0.5, 0.6) is 0 Å². The Labute approximate surface area is 93.3 Å². The van der Waals surface area contributed by atoms with Crippen LogP contribution in [-0.2, 0) is 0 Å². The van der Waals surface area contributed by atoms with Crippen LogP contribution in [0.4, 0.5) is 11.4 Å². The van der Waals surface area contributed by atoms with Crippen molar-refractivity contribution in [2.45, 2.75) is 9.79 Å². The van der Waals surface area contributed by atoms with Gasteiger partial charge in [-0.2, -0.15) is 0 Å². The van der Waals surface area contributed by atoms with Crippen molar-refractivity contribution < 1.29 is 0 Å². The summed E-state index contributed by atoms with van der Waals surface area (Å²) >= 11 is 1.69. The molecule has 2 aromatic rings. The van der Waals surface area contributed by atoms with E-state index in [1.165, 1.54) is 9.79 Å². The third-order valence-corrected chi connectivity index (χ3v) is 3.01. The van der Waals surface area contributed by atoms with Gasteiger partial charge in [0.1, 0.15) is 0 Å². The monoisotopic (exact) mass is 216 g/mol. The van der Waals surface area contributed by atoms with Gasteiger partial charge in [0.05, 0.1) is 0 Å². The van der Waals surface area contributed by atoms with Crippen LogP contribution >= 0.6 is 11.8 Å². The molecule has 0 spiro atoms. The lowest BCUT2D eigenvalue weighted by Crippen LogP contribution is -1.83. The van der Waals surface area contributed by atoms with E-state index in [1.807, 2.05) is 48.5 Å². The molecule has 0 saturated heterocycles. The quantitative estimate of drug-likeness (QED) is 0.759. The number of hydrogen-bond acceptors (Lipinski definition) is 3. The molecule has 0 bridgehead atoms. The van der Waals surface area contributed by atoms with Crippen LogP contribution in [0, 0.1) is 0 Å². The number of nitrogen functional groups attached to an aromatic ring is 2. The fourth-order valence-corrected chi connectivity index (χ4v) is 2.02. The Morgan fingerprint density at radius 2 is 0.933 bits per heavy atom. The lowest BCUT2D eigenvalue weighted by molar-refractivity contribution is 1.41. The van der Waals surface area contributed by atoms with Crippen molar-refractivity contribution in [3.8, 4) is 0 Å². The first-order valence-electron chi connectivity index (χ1n) is 4.63. The Hall–Kier alpha value is -1.61. The first kappa shape index (κ1) is 9.93. The first-order chi connectivity index (χ1) is 7.24. The lowest BCUT2D eigenvalue weighted by atomic mass is 10.3. The van der Waals surface area contributed by atoms with E-state index in [0.717, 1.165) is 11.4 Å². The second kappa shape index (κ2) is 4.28. The van der Waals surface area contributed by atoms with Gasteiger partial charge in [-0.1, -0.05) is 11.8 Å².